The Balaban J connectivity index is 1.83. The zero-order chi connectivity index (χ0) is 13.8. The maximum atomic E-state index is 13.1. The van der Waals surface area contributed by atoms with Crippen molar-refractivity contribution in [2.24, 2.45) is 5.92 Å². The van der Waals surface area contributed by atoms with E-state index in [-0.39, 0.29) is 17.8 Å². The highest BCUT2D eigenvalue weighted by Gasteiger charge is 2.26. The summed E-state index contributed by atoms with van der Waals surface area (Å²) in [4.78, 5) is 10.8. The molecule has 4 heteroatoms. The number of ether oxygens (including phenoxy) is 1. The largest absolute Gasteiger partial charge is 0.481 e. The van der Waals surface area contributed by atoms with E-state index in [4.69, 9.17) is 9.84 Å². The SMILES string of the molecule is Cc1ccc(F)cc1COC1CCC(C(=O)O)CC1. The summed E-state index contributed by atoms with van der Waals surface area (Å²) < 4.78 is 18.9. The predicted octanol–water partition coefficient (Wildman–Crippen LogP) is 3.29. The minimum atomic E-state index is -0.709. The summed E-state index contributed by atoms with van der Waals surface area (Å²) >= 11 is 0. The third-order valence-electron chi connectivity index (χ3n) is 3.81. The Kier molecular flexibility index (Phi) is 4.53. The molecule has 104 valence electrons. The van der Waals surface area contributed by atoms with Gasteiger partial charge in [-0.3, -0.25) is 4.79 Å². The van der Waals surface area contributed by atoms with Crippen molar-refractivity contribution in [1.82, 2.24) is 0 Å². The molecule has 0 spiro atoms. The molecule has 1 aromatic carbocycles. The van der Waals surface area contributed by atoms with Crippen molar-refractivity contribution in [1.29, 1.82) is 0 Å². The molecule has 1 N–H and O–H groups in total. The summed E-state index contributed by atoms with van der Waals surface area (Å²) in [7, 11) is 0. The molecule has 0 bridgehead atoms. The molecular weight excluding hydrogens is 247 g/mol. The highest BCUT2D eigenvalue weighted by molar-refractivity contribution is 5.70. The van der Waals surface area contributed by atoms with Crippen molar-refractivity contribution in [2.45, 2.75) is 45.3 Å². The number of aryl methyl sites for hydroxylation is 1. The van der Waals surface area contributed by atoms with Gasteiger partial charge in [-0.15, -0.1) is 0 Å². The van der Waals surface area contributed by atoms with Gasteiger partial charge in [0.2, 0.25) is 0 Å². The summed E-state index contributed by atoms with van der Waals surface area (Å²) in [5.74, 6) is -1.19. The summed E-state index contributed by atoms with van der Waals surface area (Å²) in [6.45, 7) is 2.32. The van der Waals surface area contributed by atoms with E-state index in [1.54, 1.807) is 6.07 Å². The number of aliphatic carboxylic acids is 1. The second-order valence-electron chi connectivity index (χ2n) is 5.19. The second-order valence-corrected chi connectivity index (χ2v) is 5.19. The van der Waals surface area contributed by atoms with Crippen LogP contribution in [0.1, 0.15) is 36.8 Å². The topological polar surface area (TPSA) is 46.5 Å². The molecule has 1 aliphatic carbocycles. The zero-order valence-electron chi connectivity index (χ0n) is 11.1. The van der Waals surface area contributed by atoms with Gasteiger partial charge in [0, 0.05) is 0 Å². The quantitative estimate of drug-likeness (QED) is 0.909. The van der Waals surface area contributed by atoms with Gasteiger partial charge in [-0.1, -0.05) is 6.07 Å². The summed E-state index contributed by atoms with van der Waals surface area (Å²) in [5, 5.41) is 8.92. The highest BCUT2D eigenvalue weighted by atomic mass is 19.1. The summed E-state index contributed by atoms with van der Waals surface area (Å²) in [5.41, 5.74) is 1.88. The Labute approximate surface area is 112 Å². The second kappa shape index (κ2) is 6.15. The Morgan fingerprint density at radius 2 is 2.05 bits per heavy atom. The van der Waals surface area contributed by atoms with Crippen molar-refractivity contribution in [3.05, 3.63) is 35.1 Å². The van der Waals surface area contributed by atoms with Gasteiger partial charge in [0.15, 0.2) is 0 Å². The van der Waals surface area contributed by atoms with Crippen molar-refractivity contribution in [2.75, 3.05) is 0 Å². The van der Waals surface area contributed by atoms with Crippen molar-refractivity contribution in [3.8, 4) is 0 Å². The Morgan fingerprint density at radius 3 is 2.68 bits per heavy atom. The fraction of sp³-hybridized carbons (Fsp3) is 0.533. The van der Waals surface area contributed by atoms with E-state index in [0.717, 1.165) is 24.0 Å². The van der Waals surface area contributed by atoms with Crippen LogP contribution in [0.15, 0.2) is 18.2 Å². The molecule has 1 saturated carbocycles. The third-order valence-corrected chi connectivity index (χ3v) is 3.81. The Bertz CT molecular complexity index is 451. The fourth-order valence-corrected chi connectivity index (χ4v) is 2.48. The number of halogens is 1. The normalized spacial score (nSPS) is 23.3. The molecule has 19 heavy (non-hydrogen) atoms. The van der Waals surface area contributed by atoms with Gasteiger partial charge < -0.3 is 9.84 Å². The third kappa shape index (κ3) is 3.77. The van der Waals surface area contributed by atoms with E-state index in [2.05, 4.69) is 0 Å². The first kappa shape index (κ1) is 14.0. The molecule has 3 nitrogen and oxygen atoms in total. The number of hydrogen-bond donors (Lipinski definition) is 1. The molecule has 0 aromatic heterocycles. The van der Waals surface area contributed by atoms with Crippen molar-refractivity contribution in [3.63, 3.8) is 0 Å². The molecule has 0 radical (unpaired) electrons. The van der Waals surface area contributed by atoms with Gasteiger partial charge in [0.1, 0.15) is 5.82 Å². The molecule has 0 saturated heterocycles. The smallest absolute Gasteiger partial charge is 0.306 e. The minimum Gasteiger partial charge on any atom is -0.481 e. The van der Waals surface area contributed by atoms with Crippen LogP contribution in [-0.4, -0.2) is 17.2 Å². The van der Waals surface area contributed by atoms with Crippen molar-refractivity contribution < 1.29 is 19.0 Å². The predicted molar refractivity (Wildman–Crippen MR) is 69.3 cm³/mol. The lowest BCUT2D eigenvalue weighted by Crippen LogP contribution is -2.26. The number of carboxylic acids is 1. The van der Waals surface area contributed by atoms with Gasteiger partial charge >= 0.3 is 5.97 Å². The van der Waals surface area contributed by atoms with E-state index in [1.165, 1.54) is 12.1 Å². The first-order valence-corrected chi connectivity index (χ1v) is 6.65. The molecule has 1 fully saturated rings. The standard InChI is InChI=1S/C15H19FO3/c1-10-2-5-13(16)8-12(10)9-19-14-6-3-11(4-7-14)15(17)18/h2,5,8,11,14H,3-4,6-7,9H2,1H3,(H,17,18). The highest BCUT2D eigenvalue weighted by Crippen LogP contribution is 2.27. The molecule has 0 unspecified atom stereocenters. The fourth-order valence-electron chi connectivity index (χ4n) is 2.48. The van der Waals surface area contributed by atoms with Crippen molar-refractivity contribution >= 4 is 5.97 Å². The zero-order valence-corrected chi connectivity index (χ0v) is 11.1. The van der Waals surface area contributed by atoms with Gasteiger partial charge in [0.25, 0.3) is 0 Å². The molecule has 1 aliphatic rings. The van der Waals surface area contributed by atoms with Crippen LogP contribution in [0.3, 0.4) is 0 Å². The van der Waals surface area contributed by atoms with Gasteiger partial charge in [-0.2, -0.15) is 0 Å². The van der Waals surface area contributed by atoms with E-state index in [1.807, 2.05) is 6.92 Å². The molecular formula is C15H19FO3. The lowest BCUT2D eigenvalue weighted by atomic mass is 9.87. The van der Waals surface area contributed by atoms with Crippen LogP contribution in [0.5, 0.6) is 0 Å². The number of carbonyl (C=O) groups is 1. The monoisotopic (exact) mass is 266 g/mol. The van der Waals surface area contributed by atoms with E-state index in [0.29, 0.717) is 19.4 Å². The average molecular weight is 266 g/mol. The van der Waals surface area contributed by atoms with Crippen LogP contribution >= 0.6 is 0 Å². The number of hydrogen-bond acceptors (Lipinski definition) is 2. The molecule has 0 heterocycles. The van der Waals surface area contributed by atoms with Crippen LogP contribution in [0.4, 0.5) is 4.39 Å². The molecule has 0 amide bonds. The van der Waals surface area contributed by atoms with E-state index in [9.17, 15) is 9.18 Å². The lowest BCUT2D eigenvalue weighted by molar-refractivity contribution is -0.143. The van der Waals surface area contributed by atoms with Gasteiger partial charge in [-0.25, -0.2) is 4.39 Å². The first-order chi connectivity index (χ1) is 9.06. The molecule has 1 aromatic rings. The van der Waals surface area contributed by atoms with Crippen LogP contribution < -0.4 is 0 Å². The summed E-state index contributed by atoms with van der Waals surface area (Å²) in [6, 6.07) is 4.68. The lowest BCUT2D eigenvalue weighted by Gasteiger charge is -2.26. The van der Waals surface area contributed by atoms with Crippen LogP contribution in [0.25, 0.3) is 0 Å². The Morgan fingerprint density at radius 1 is 1.37 bits per heavy atom. The first-order valence-electron chi connectivity index (χ1n) is 6.65. The number of carboxylic acid groups (broad SMARTS) is 1. The minimum absolute atomic E-state index is 0.0956. The summed E-state index contributed by atoms with van der Waals surface area (Å²) in [6.07, 6.45) is 2.97. The Hall–Kier alpha value is -1.42. The van der Waals surface area contributed by atoms with E-state index < -0.39 is 5.97 Å². The van der Waals surface area contributed by atoms with Crippen LogP contribution in [0.2, 0.25) is 0 Å². The molecule has 2 rings (SSSR count). The maximum Gasteiger partial charge on any atom is 0.306 e. The maximum absolute atomic E-state index is 13.1. The van der Waals surface area contributed by atoms with Gasteiger partial charge in [0.05, 0.1) is 18.6 Å². The van der Waals surface area contributed by atoms with E-state index >= 15 is 0 Å². The van der Waals surface area contributed by atoms with Gasteiger partial charge in [-0.05, 0) is 55.9 Å². The molecule has 0 aliphatic heterocycles. The molecule has 0 atom stereocenters. The van der Waals surface area contributed by atoms with Crippen LogP contribution in [-0.2, 0) is 16.1 Å². The number of rotatable bonds is 4. The average Bonchev–Trinajstić information content (AvgIpc) is 2.40. The number of benzene rings is 1. The van der Waals surface area contributed by atoms with Crippen LogP contribution in [0, 0.1) is 18.7 Å².